The molecule has 0 aliphatic rings. The van der Waals surface area contributed by atoms with Gasteiger partial charge in [-0.3, -0.25) is 4.79 Å². The van der Waals surface area contributed by atoms with E-state index >= 15 is 0 Å². The quantitative estimate of drug-likeness (QED) is 0.235. The van der Waals surface area contributed by atoms with Gasteiger partial charge in [0.1, 0.15) is 16.7 Å². The highest BCUT2D eigenvalue weighted by Crippen LogP contribution is 2.39. The largest absolute Gasteiger partial charge is 0.507 e. The van der Waals surface area contributed by atoms with E-state index in [0.29, 0.717) is 16.0 Å². The SMILES string of the molecule is Cc1ccc(-c2c(C(=O)c3cc(Cl)ccc3O)oc3c2c(=O)oc2ccc(Cl)cc23)cc1. The Labute approximate surface area is 191 Å². The molecule has 5 aromatic rings. The van der Waals surface area contributed by atoms with E-state index in [1.807, 2.05) is 19.1 Å². The number of aryl methyl sites for hydroxylation is 1. The first-order chi connectivity index (χ1) is 15.3. The number of phenols is 1. The van der Waals surface area contributed by atoms with E-state index in [-0.39, 0.29) is 44.2 Å². The van der Waals surface area contributed by atoms with Gasteiger partial charge in [0.2, 0.25) is 5.78 Å². The maximum Gasteiger partial charge on any atom is 0.348 e. The molecule has 0 bridgehead atoms. The smallest absolute Gasteiger partial charge is 0.348 e. The van der Waals surface area contributed by atoms with Crippen molar-refractivity contribution in [2.45, 2.75) is 6.92 Å². The third-order valence-electron chi connectivity index (χ3n) is 5.25. The minimum absolute atomic E-state index is 0.0448. The van der Waals surface area contributed by atoms with E-state index in [2.05, 4.69) is 0 Å². The molecule has 0 spiro atoms. The van der Waals surface area contributed by atoms with Crippen molar-refractivity contribution in [1.29, 1.82) is 0 Å². The van der Waals surface area contributed by atoms with Crippen LogP contribution in [0.15, 0.2) is 74.3 Å². The topological polar surface area (TPSA) is 80.6 Å². The minimum Gasteiger partial charge on any atom is -0.507 e. The van der Waals surface area contributed by atoms with E-state index in [4.69, 9.17) is 32.0 Å². The molecule has 0 atom stereocenters. The van der Waals surface area contributed by atoms with E-state index in [9.17, 15) is 14.7 Å². The highest BCUT2D eigenvalue weighted by atomic mass is 35.5. The summed E-state index contributed by atoms with van der Waals surface area (Å²) in [5, 5.41) is 11.5. The van der Waals surface area contributed by atoms with Crippen LogP contribution in [0, 0.1) is 6.92 Å². The van der Waals surface area contributed by atoms with Crippen LogP contribution in [0.1, 0.15) is 21.7 Å². The lowest BCUT2D eigenvalue weighted by Crippen LogP contribution is -2.04. The van der Waals surface area contributed by atoms with E-state index in [1.165, 1.54) is 18.2 Å². The molecule has 0 radical (unpaired) electrons. The molecule has 1 N–H and O–H groups in total. The van der Waals surface area contributed by atoms with E-state index in [1.54, 1.807) is 30.3 Å². The molecule has 7 heteroatoms. The van der Waals surface area contributed by atoms with Crippen LogP contribution in [-0.4, -0.2) is 10.9 Å². The molecule has 0 fully saturated rings. The summed E-state index contributed by atoms with van der Waals surface area (Å²) >= 11 is 12.2. The molecule has 0 saturated heterocycles. The monoisotopic (exact) mass is 464 g/mol. The lowest BCUT2D eigenvalue weighted by Gasteiger charge is -2.06. The van der Waals surface area contributed by atoms with Crippen LogP contribution < -0.4 is 5.63 Å². The normalized spacial score (nSPS) is 11.3. The van der Waals surface area contributed by atoms with Crippen LogP contribution in [0.5, 0.6) is 5.75 Å². The van der Waals surface area contributed by atoms with Crippen LogP contribution in [0.4, 0.5) is 0 Å². The standard InChI is InChI=1S/C25H14Cl2O5/c1-12-2-4-13(5-3-12)20-21-23(17-11-15(27)7-9-19(17)31-25(21)30)32-24(20)22(29)16-10-14(26)6-8-18(16)28/h2-11,28H,1H3. The van der Waals surface area contributed by atoms with Gasteiger partial charge in [-0.2, -0.15) is 0 Å². The van der Waals surface area contributed by atoms with Crippen LogP contribution in [0.2, 0.25) is 10.0 Å². The van der Waals surface area contributed by atoms with Crippen molar-refractivity contribution in [2.75, 3.05) is 0 Å². The first-order valence-electron chi connectivity index (χ1n) is 9.62. The Kier molecular flexibility index (Phi) is 4.81. The molecule has 3 aromatic carbocycles. The predicted molar refractivity (Wildman–Crippen MR) is 124 cm³/mol. The van der Waals surface area contributed by atoms with Gasteiger partial charge >= 0.3 is 5.63 Å². The molecular formula is C25H14Cl2O5. The number of furan rings is 1. The molecule has 0 aliphatic heterocycles. The number of rotatable bonds is 3. The summed E-state index contributed by atoms with van der Waals surface area (Å²) in [4.78, 5) is 26.5. The van der Waals surface area contributed by atoms with Gasteiger partial charge < -0.3 is 13.9 Å². The number of hydrogen-bond acceptors (Lipinski definition) is 5. The summed E-state index contributed by atoms with van der Waals surface area (Å²) in [6.45, 7) is 1.93. The van der Waals surface area contributed by atoms with Gasteiger partial charge in [0.15, 0.2) is 11.3 Å². The molecule has 32 heavy (non-hydrogen) atoms. The maximum absolute atomic E-state index is 13.5. The lowest BCUT2D eigenvalue weighted by molar-refractivity contribution is 0.101. The lowest BCUT2D eigenvalue weighted by atomic mass is 9.97. The highest BCUT2D eigenvalue weighted by Gasteiger charge is 2.28. The molecule has 0 amide bonds. The molecule has 0 saturated carbocycles. The summed E-state index contributed by atoms with van der Waals surface area (Å²) in [5.41, 5.74) is 1.64. The van der Waals surface area contributed by atoms with Crippen molar-refractivity contribution in [1.82, 2.24) is 0 Å². The molecule has 158 valence electrons. The molecule has 5 rings (SSSR count). The number of carbonyl (C=O) groups excluding carboxylic acids is 1. The van der Waals surface area contributed by atoms with Gasteiger partial charge in [-0.25, -0.2) is 4.79 Å². The van der Waals surface area contributed by atoms with Crippen molar-refractivity contribution in [3.8, 4) is 16.9 Å². The number of carbonyl (C=O) groups is 1. The fourth-order valence-corrected chi connectivity index (χ4v) is 4.05. The third-order valence-corrected chi connectivity index (χ3v) is 5.72. The Hall–Kier alpha value is -3.54. The zero-order valence-corrected chi connectivity index (χ0v) is 18.1. The number of fused-ring (bicyclic) bond motifs is 3. The molecule has 0 unspecified atom stereocenters. The Morgan fingerprint density at radius 3 is 2.34 bits per heavy atom. The van der Waals surface area contributed by atoms with E-state index < -0.39 is 11.4 Å². The first-order valence-corrected chi connectivity index (χ1v) is 10.4. The Morgan fingerprint density at radius 2 is 1.59 bits per heavy atom. The molecular weight excluding hydrogens is 451 g/mol. The van der Waals surface area contributed by atoms with Gasteiger partial charge in [0.25, 0.3) is 0 Å². The van der Waals surface area contributed by atoms with Crippen molar-refractivity contribution in [3.05, 3.63) is 98.0 Å². The summed E-state index contributed by atoms with van der Waals surface area (Å²) < 4.78 is 11.5. The summed E-state index contributed by atoms with van der Waals surface area (Å²) in [7, 11) is 0. The highest BCUT2D eigenvalue weighted by molar-refractivity contribution is 6.32. The zero-order valence-electron chi connectivity index (χ0n) is 16.6. The summed E-state index contributed by atoms with van der Waals surface area (Å²) in [6, 6.07) is 16.2. The number of hydrogen-bond donors (Lipinski definition) is 1. The molecule has 5 nitrogen and oxygen atoms in total. The predicted octanol–water partition coefficient (Wildman–Crippen LogP) is 6.76. The Balaban J connectivity index is 1.91. The van der Waals surface area contributed by atoms with Gasteiger partial charge in [-0.15, -0.1) is 0 Å². The van der Waals surface area contributed by atoms with Crippen molar-refractivity contribution < 1.29 is 18.7 Å². The molecule has 2 heterocycles. The summed E-state index contributed by atoms with van der Waals surface area (Å²) in [5.74, 6) is -0.984. The Bertz CT molecular complexity index is 1590. The third kappa shape index (κ3) is 3.27. The molecule has 2 aromatic heterocycles. The molecule has 0 aliphatic carbocycles. The number of halogens is 2. The second-order valence-electron chi connectivity index (χ2n) is 7.40. The fraction of sp³-hybridized carbons (Fsp3) is 0.0400. The van der Waals surface area contributed by atoms with Crippen LogP contribution in [0.3, 0.4) is 0 Å². The number of aromatic hydroxyl groups is 1. The van der Waals surface area contributed by atoms with Crippen LogP contribution in [-0.2, 0) is 0 Å². The number of phenolic OH excluding ortho intramolecular Hbond substituents is 1. The fourth-order valence-electron chi connectivity index (χ4n) is 3.70. The van der Waals surface area contributed by atoms with Crippen LogP contribution in [0.25, 0.3) is 33.1 Å². The second kappa shape index (κ2) is 7.55. The second-order valence-corrected chi connectivity index (χ2v) is 8.27. The van der Waals surface area contributed by atoms with Crippen molar-refractivity contribution in [2.24, 2.45) is 0 Å². The number of ketones is 1. The average molecular weight is 465 g/mol. The Morgan fingerprint density at radius 1 is 0.906 bits per heavy atom. The van der Waals surface area contributed by atoms with E-state index in [0.717, 1.165) is 5.56 Å². The maximum atomic E-state index is 13.5. The zero-order chi connectivity index (χ0) is 22.6. The van der Waals surface area contributed by atoms with Gasteiger partial charge in [-0.05, 0) is 48.9 Å². The van der Waals surface area contributed by atoms with Crippen molar-refractivity contribution in [3.63, 3.8) is 0 Å². The van der Waals surface area contributed by atoms with Crippen molar-refractivity contribution >= 4 is 50.9 Å². The van der Waals surface area contributed by atoms with Crippen LogP contribution >= 0.6 is 23.2 Å². The number of benzene rings is 3. The van der Waals surface area contributed by atoms with Gasteiger partial charge in [0, 0.05) is 15.6 Å². The van der Waals surface area contributed by atoms with Gasteiger partial charge in [-0.1, -0.05) is 53.0 Å². The van der Waals surface area contributed by atoms with Gasteiger partial charge in [0.05, 0.1) is 10.9 Å². The first kappa shape index (κ1) is 20.4. The summed E-state index contributed by atoms with van der Waals surface area (Å²) in [6.07, 6.45) is 0. The minimum atomic E-state index is -0.650. The average Bonchev–Trinajstić information content (AvgIpc) is 3.18.